The lowest BCUT2D eigenvalue weighted by Gasteiger charge is -1.91. The fourth-order valence-corrected chi connectivity index (χ4v) is 3.01. The summed E-state index contributed by atoms with van der Waals surface area (Å²) in [5.41, 5.74) is 0.747. The van der Waals surface area contributed by atoms with Crippen LogP contribution in [0.3, 0.4) is 0 Å². The van der Waals surface area contributed by atoms with Crippen LogP contribution in [0.4, 0.5) is 5.00 Å². The van der Waals surface area contributed by atoms with Gasteiger partial charge in [0.2, 0.25) is 0 Å². The second kappa shape index (κ2) is 3.33. The summed E-state index contributed by atoms with van der Waals surface area (Å²) in [4.78, 5) is 10.4. The zero-order valence-electron chi connectivity index (χ0n) is 7.28. The minimum atomic E-state index is -0.327. The maximum Gasteiger partial charge on any atom is 0.328 e. The average molecular weight is 272 g/mol. The van der Waals surface area contributed by atoms with Gasteiger partial charge < -0.3 is 0 Å². The number of thiophene rings is 1. The van der Waals surface area contributed by atoms with E-state index in [1.807, 2.05) is 18.2 Å². The largest absolute Gasteiger partial charge is 0.328 e. The van der Waals surface area contributed by atoms with Crippen LogP contribution < -0.4 is 0 Å². The fraction of sp³-hybridized carbons (Fsp3) is 0.111. The third kappa shape index (κ3) is 1.33. The Hall–Kier alpha value is -0.940. The second-order valence-electron chi connectivity index (χ2n) is 2.91. The first-order chi connectivity index (χ1) is 6.61. The summed E-state index contributed by atoms with van der Waals surface area (Å²) in [5, 5.41) is 11.9. The molecule has 0 aliphatic carbocycles. The number of benzene rings is 1. The molecule has 0 bridgehead atoms. The van der Waals surface area contributed by atoms with Gasteiger partial charge in [0.25, 0.3) is 0 Å². The summed E-state index contributed by atoms with van der Waals surface area (Å²) in [6, 6.07) is 5.68. The van der Waals surface area contributed by atoms with Gasteiger partial charge in [-0.15, -0.1) is 0 Å². The quantitative estimate of drug-likeness (QED) is 0.584. The van der Waals surface area contributed by atoms with E-state index in [1.165, 1.54) is 11.3 Å². The van der Waals surface area contributed by atoms with Gasteiger partial charge in [-0.25, -0.2) is 0 Å². The molecule has 0 saturated heterocycles. The smallest absolute Gasteiger partial charge is 0.258 e. The first-order valence-electron chi connectivity index (χ1n) is 3.93. The molecule has 1 heterocycles. The molecule has 0 saturated carbocycles. The summed E-state index contributed by atoms with van der Waals surface area (Å²) in [7, 11) is 0. The fourth-order valence-electron chi connectivity index (χ4n) is 1.37. The Kier molecular flexibility index (Phi) is 2.28. The van der Waals surface area contributed by atoms with Crippen molar-refractivity contribution in [2.45, 2.75) is 6.92 Å². The second-order valence-corrected chi connectivity index (χ2v) is 4.76. The van der Waals surface area contributed by atoms with Gasteiger partial charge in [0, 0.05) is 15.4 Å². The number of nitrogens with zero attached hydrogens (tertiary/aromatic N) is 1. The molecule has 1 aromatic heterocycles. The number of fused-ring (bicyclic) bond motifs is 1. The molecule has 0 aliphatic rings. The molecule has 0 unspecified atom stereocenters. The van der Waals surface area contributed by atoms with Crippen LogP contribution in [0.5, 0.6) is 0 Å². The first kappa shape index (κ1) is 9.61. The SMILES string of the molecule is Cc1c([N+](=O)[O-])sc2c(Br)cccc12. The van der Waals surface area contributed by atoms with Gasteiger partial charge in [-0.1, -0.05) is 23.5 Å². The van der Waals surface area contributed by atoms with Crippen LogP contribution in [0.1, 0.15) is 5.56 Å². The highest BCUT2D eigenvalue weighted by atomic mass is 79.9. The zero-order chi connectivity index (χ0) is 10.3. The Morgan fingerprint density at radius 3 is 2.79 bits per heavy atom. The molecule has 1 aromatic carbocycles. The Labute approximate surface area is 92.6 Å². The maximum atomic E-state index is 10.7. The standard InChI is InChI=1S/C9H6BrNO2S/c1-5-6-3-2-4-7(10)8(6)14-9(5)11(12)13/h2-4H,1H3. The van der Waals surface area contributed by atoms with E-state index in [1.54, 1.807) is 6.92 Å². The van der Waals surface area contributed by atoms with Crippen molar-refractivity contribution in [1.29, 1.82) is 0 Å². The van der Waals surface area contributed by atoms with Crippen LogP contribution in [0, 0.1) is 17.0 Å². The summed E-state index contributed by atoms with van der Waals surface area (Å²) in [6.07, 6.45) is 0. The Bertz CT molecular complexity index is 521. The number of nitro groups is 1. The minimum Gasteiger partial charge on any atom is -0.258 e. The number of rotatable bonds is 1. The van der Waals surface area contributed by atoms with Crippen molar-refractivity contribution in [3.8, 4) is 0 Å². The first-order valence-corrected chi connectivity index (χ1v) is 5.54. The molecule has 3 nitrogen and oxygen atoms in total. The number of halogens is 1. The van der Waals surface area contributed by atoms with Crippen LogP contribution in [0.2, 0.25) is 0 Å². The van der Waals surface area contributed by atoms with Crippen molar-refractivity contribution in [2.75, 3.05) is 0 Å². The highest BCUT2D eigenvalue weighted by molar-refractivity contribution is 9.10. The van der Waals surface area contributed by atoms with Crippen molar-refractivity contribution in [3.05, 3.63) is 38.3 Å². The average Bonchev–Trinajstić information content (AvgIpc) is 2.46. The number of aryl methyl sites for hydroxylation is 1. The third-order valence-electron chi connectivity index (χ3n) is 2.06. The molecule has 0 spiro atoms. The van der Waals surface area contributed by atoms with Gasteiger partial charge in [0.05, 0.1) is 9.62 Å². The Morgan fingerprint density at radius 1 is 1.50 bits per heavy atom. The molecule has 0 fully saturated rings. The Morgan fingerprint density at radius 2 is 2.21 bits per heavy atom. The summed E-state index contributed by atoms with van der Waals surface area (Å²) in [6.45, 7) is 1.78. The molecule has 5 heteroatoms. The summed E-state index contributed by atoms with van der Waals surface area (Å²) in [5.74, 6) is 0. The normalized spacial score (nSPS) is 10.7. The van der Waals surface area contributed by atoms with E-state index in [0.29, 0.717) is 0 Å². The van der Waals surface area contributed by atoms with Crippen LogP contribution >= 0.6 is 27.3 Å². The van der Waals surface area contributed by atoms with E-state index >= 15 is 0 Å². The van der Waals surface area contributed by atoms with Gasteiger partial charge in [-0.2, -0.15) is 0 Å². The van der Waals surface area contributed by atoms with Crippen LogP contribution in [0.25, 0.3) is 10.1 Å². The molecule has 0 radical (unpaired) electrons. The monoisotopic (exact) mass is 271 g/mol. The van der Waals surface area contributed by atoms with Crippen LogP contribution in [0.15, 0.2) is 22.7 Å². The summed E-state index contributed by atoms with van der Waals surface area (Å²) < 4.78 is 1.85. The van der Waals surface area contributed by atoms with Gasteiger partial charge in [0.15, 0.2) is 0 Å². The van der Waals surface area contributed by atoms with Crippen molar-refractivity contribution in [3.63, 3.8) is 0 Å². The lowest BCUT2D eigenvalue weighted by molar-refractivity contribution is -0.380. The molecule has 0 N–H and O–H groups in total. The molecule has 0 amide bonds. The summed E-state index contributed by atoms with van der Waals surface area (Å²) >= 11 is 4.59. The lowest BCUT2D eigenvalue weighted by Crippen LogP contribution is -1.84. The number of hydrogen-bond donors (Lipinski definition) is 0. The van der Waals surface area contributed by atoms with Crippen molar-refractivity contribution in [1.82, 2.24) is 0 Å². The minimum absolute atomic E-state index is 0.229. The van der Waals surface area contributed by atoms with Crippen LogP contribution in [-0.2, 0) is 0 Å². The predicted octanol–water partition coefficient (Wildman–Crippen LogP) is 3.88. The van der Waals surface area contributed by atoms with E-state index in [-0.39, 0.29) is 9.92 Å². The van der Waals surface area contributed by atoms with E-state index in [2.05, 4.69) is 15.9 Å². The molecule has 14 heavy (non-hydrogen) atoms. The highest BCUT2D eigenvalue weighted by Gasteiger charge is 2.18. The van der Waals surface area contributed by atoms with Crippen molar-refractivity contribution >= 4 is 42.4 Å². The van der Waals surface area contributed by atoms with Gasteiger partial charge >= 0.3 is 5.00 Å². The topological polar surface area (TPSA) is 43.1 Å². The molecule has 2 aromatic rings. The van der Waals surface area contributed by atoms with Gasteiger partial charge in [-0.3, -0.25) is 10.1 Å². The zero-order valence-corrected chi connectivity index (χ0v) is 9.68. The molecule has 0 aliphatic heterocycles. The molecular weight excluding hydrogens is 266 g/mol. The lowest BCUT2D eigenvalue weighted by atomic mass is 10.2. The highest BCUT2D eigenvalue weighted by Crippen LogP contribution is 2.39. The third-order valence-corrected chi connectivity index (χ3v) is 4.27. The van der Waals surface area contributed by atoms with E-state index < -0.39 is 0 Å². The Balaban J connectivity index is 2.86. The van der Waals surface area contributed by atoms with Crippen molar-refractivity contribution in [2.24, 2.45) is 0 Å². The molecule has 0 atom stereocenters. The molecular formula is C9H6BrNO2S. The van der Waals surface area contributed by atoms with Gasteiger partial charge in [-0.05, 0) is 28.9 Å². The van der Waals surface area contributed by atoms with E-state index in [0.717, 1.165) is 20.1 Å². The molecule has 2 rings (SSSR count). The predicted molar refractivity (Wildman–Crippen MR) is 60.9 cm³/mol. The van der Waals surface area contributed by atoms with E-state index in [9.17, 15) is 10.1 Å². The number of hydrogen-bond acceptors (Lipinski definition) is 3. The van der Waals surface area contributed by atoms with Gasteiger partial charge in [0.1, 0.15) is 0 Å². The maximum absolute atomic E-state index is 10.7. The molecule has 72 valence electrons. The van der Waals surface area contributed by atoms with Crippen LogP contribution in [-0.4, -0.2) is 4.92 Å². The van der Waals surface area contributed by atoms with Crippen molar-refractivity contribution < 1.29 is 4.92 Å². The van der Waals surface area contributed by atoms with E-state index in [4.69, 9.17) is 0 Å².